The standard InChI is InChI=1S/C44H46ClF2N3O7/c1-54-36-19-17-28(21-38(36)56-32-11-3-4-12-32)44(29-18-20-37(55-2)39(22-29)57-33-13-5-6-14-33)24-42(53)50(27-44,25-40(51)48-31-10-7-9-30(45)23-31)26-41(52)49-35-16-8-15-34(46)43(35)47/h7-10,15-23,32-33H,3-6,11-14,24-27H2,1-2H3,(H-,48,49,51,52)/p+1. The van der Waals surface area contributed by atoms with Crippen LogP contribution in [0.1, 0.15) is 68.9 Å². The number of nitrogens with one attached hydrogen (secondary N) is 2. The van der Waals surface area contributed by atoms with E-state index in [1.807, 2.05) is 36.4 Å². The smallest absolute Gasteiger partial charge is 0.316 e. The maximum atomic E-state index is 14.9. The number of quaternary nitrogens is 1. The molecular weight excluding hydrogens is 756 g/mol. The van der Waals surface area contributed by atoms with Crippen molar-refractivity contribution in [3.8, 4) is 23.0 Å². The van der Waals surface area contributed by atoms with Gasteiger partial charge >= 0.3 is 5.91 Å². The second kappa shape index (κ2) is 17.1. The summed E-state index contributed by atoms with van der Waals surface area (Å²) in [5.41, 5.74) is 0.286. The number of halogens is 3. The number of methoxy groups -OCH3 is 2. The zero-order valence-electron chi connectivity index (χ0n) is 32.1. The fourth-order valence-electron chi connectivity index (χ4n) is 8.60. The lowest BCUT2D eigenvalue weighted by Gasteiger charge is -2.35. The Hall–Kier alpha value is -5.20. The lowest BCUT2D eigenvalue weighted by atomic mass is 9.73. The van der Waals surface area contributed by atoms with Crippen LogP contribution in [0.25, 0.3) is 0 Å². The van der Waals surface area contributed by atoms with E-state index >= 15 is 0 Å². The second-order valence-corrected chi connectivity index (χ2v) is 15.7. The van der Waals surface area contributed by atoms with Crippen LogP contribution in [0.4, 0.5) is 20.2 Å². The maximum absolute atomic E-state index is 14.9. The molecule has 0 radical (unpaired) electrons. The molecule has 57 heavy (non-hydrogen) atoms. The number of hydrogen-bond acceptors (Lipinski definition) is 7. The van der Waals surface area contributed by atoms with E-state index in [0.717, 1.165) is 57.4 Å². The van der Waals surface area contributed by atoms with E-state index < -0.39 is 52.3 Å². The molecule has 1 saturated heterocycles. The SMILES string of the molecule is COc1ccc(C2(c3ccc(OC)c(OC4CCCC4)c3)CC(=O)[N+](CC(=O)Nc3cccc(Cl)c3)(CC(=O)Nc3cccc(F)c3F)C2)cc1OC1CCCC1. The van der Waals surface area contributed by atoms with Gasteiger partial charge in [0.2, 0.25) is 0 Å². The van der Waals surface area contributed by atoms with Gasteiger partial charge in [0.25, 0.3) is 11.8 Å². The minimum Gasteiger partial charge on any atom is -0.493 e. The molecule has 2 saturated carbocycles. The summed E-state index contributed by atoms with van der Waals surface area (Å²) in [7, 11) is 3.14. The number of nitrogens with zero attached hydrogens (tertiary/aromatic N) is 1. The third-order valence-electron chi connectivity index (χ3n) is 11.4. The molecule has 0 bridgehead atoms. The van der Waals surface area contributed by atoms with Crippen LogP contribution in [0.5, 0.6) is 23.0 Å². The van der Waals surface area contributed by atoms with Crippen molar-refractivity contribution in [1.29, 1.82) is 0 Å². The Morgan fingerprint density at radius 2 is 1.28 bits per heavy atom. The molecule has 4 aromatic carbocycles. The number of rotatable bonds is 14. The summed E-state index contributed by atoms with van der Waals surface area (Å²) < 4.78 is 52.9. The maximum Gasteiger partial charge on any atom is 0.316 e. The molecule has 3 aliphatic rings. The monoisotopic (exact) mass is 802 g/mol. The molecule has 4 aromatic rings. The highest BCUT2D eigenvalue weighted by atomic mass is 35.5. The molecule has 2 aliphatic carbocycles. The summed E-state index contributed by atoms with van der Waals surface area (Å²) in [6.07, 6.45) is 7.71. The molecule has 13 heteroatoms. The summed E-state index contributed by atoms with van der Waals surface area (Å²) in [5.74, 6) is -2.01. The predicted molar refractivity (Wildman–Crippen MR) is 212 cm³/mol. The molecule has 0 aromatic heterocycles. The van der Waals surface area contributed by atoms with Gasteiger partial charge in [0, 0.05) is 10.7 Å². The van der Waals surface area contributed by atoms with Crippen LogP contribution >= 0.6 is 11.6 Å². The highest BCUT2D eigenvalue weighted by molar-refractivity contribution is 6.30. The van der Waals surface area contributed by atoms with E-state index in [1.165, 1.54) is 12.1 Å². The van der Waals surface area contributed by atoms with Crippen LogP contribution in [0.2, 0.25) is 5.02 Å². The van der Waals surface area contributed by atoms with Crippen molar-refractivity contribution in [1.82, 2.24) is 0 Å². The van der Waals surface area contributed by atoms with Crippen molar-refractivity contribution in [2.75, 3.05) is 44.5 Å². The minimum absolute atomic E-state index is 0.000293. The van der Waals surface area contributed by atoms with Gasteiger partial charge in [-0.05, 0) is 117 Å². The van der Waals surface area contributed by atoms with E-state index in [-0.39, 0.29) is 30.9 Å². The molecule has 1 atom stereocenters. The number of amides is 3. The molecule has 3 fully saturated rings. The number of benzene rings is 4. The fraction of sp³-hybridized carbons (Fsp3) is 0.386. The molecule has 1 heterocycles. The van der Waals surface area contributed by atoms with Gasteiger partial charge < -0.3 is 29.6 Å². The molecule has 3 amide bonds. The van der Waals surface area contributed by atoms with Crippen LogP contribution in [-0.2, 0) is 19.8 Å². The summed E-state index contributed by atoms with van der Waals surface area (Å²) in [5, 5.41) is 5.67. The Bertz CT molecular complexity index is 2070. The summed E-state index contributed by atoms with van der Waals surface area (Å²) in [4.78, 5) is 42.8. The quantitative estimate of drug-likeness (QED) is 0.123. The topological polar surface area (TPSA) is 112 Å². The number of carbonyl (C=O) groups is 3. The van der Waals surface area contributed by atoms with Gasteiger partial charge in [-0.15, -0.1) is 0 Å². The van der Waals surface area contributed by atoms with Gasteiger partial charge in [0.15, 0.2) is 47.7 Å². The average Bonchev–Trinajstić information content (AvgIpc) is 3.96. The predicted octanol–water partition coefficient (Wildman–Crippen LogP) is 8.59. The number of likely N-dealkylation sites (tertiary alicyclic amines) is 1. The number of hydrogen-bond donors (Lipinski definition) is 2. The van der Waals surface area contributed by atoms with Crippen molar-refractivity contribution < 1.29 is 46.6 Å². The zero-order chi connectivity index (χ0) is 40.2. The first kappa shape index (κ1) is 40.0. The Morgan fingerprint density at radius 3 is 1.82 bits per heavy atom. The molecular formula is C44H47ClF2N3O7+. The van der Waals surface area contributed by atoms with Crippen LogP contribution in [-0.4, -0.2) is 68.3 Å². The summed E-state index contributed by atoms with van der Waals surface area (Å²) in [6, 6.07) is 21.2. The molecule has 0 spiro atoms. The first-order chi connectivity index (χ1) is 27.5. The van der Waals surface area contributed by atoms with E-state index in [0.29, 0.717) is 44.8 Å². The van der Waals surface area contributed by atoms with Crippen molar-refractivity contribution in [3.63, 3.8) is 0 Å². The molecule has 2 N–H and O–H groups in total. The Morgan fingerprint density at radius 1 is 0.737 bits per heavy atom. The highest BCUT2D eigenvalue weighted by Gasteiger charge is 2.59. The largest absolute Gasteiger partial charge is 0.493 e. The highest BCUT2D eigenvalue weighted by Crippen LogP contribution is 2.49. The molecule has 10 nitrogen and oxygen atoms in total. The molecule has 300 valence electrons. The minimum atomic E-state index is -1.24. The van der Waals surface area contributed by atoms with Gasteiger partial charge in [0.1, 0.15) is 6.54 Å². The van der Waals surface area contributed by atoms with Crippen molar-refractivity contribution in [2.24, 2.45) is 0 Å². The third-order valence-corrected chi connectivity index (χ3v) is 11.6. The van der Waals surface area contributed by atoms with E-state index in [4.69, 9.17) is 30.5 Å². The van der Waals surface area contributed by atoms with Crippen molar-refractivity contribution >= 4 is 40.7 Å². The lowest BCUT2D eigenvalue weighted by Crippen LogP contribution is -2.58. The molecule has 1 unspecified atom stereocenters. The van der Waals surface area contributed by atoms with Gasteiger partial charge in [-0.3, -0.25) is 9.59 Å². The van der Waals surface area contributed by atoms with E-state index in [1.54, 1.807) is 38.5 Å². The van der Waals surface area contributed by atoms with Gasteiger partial charge in [-0.25, -0.2) is 18.1 Å². The van der Waals surface area contributed by atoms with Crippen LogP contribution in [0, 0.1) is 11.6 Å². The first-order valence-electron chi connectivity index (χ1n) is 19.4. The number of carbonyl (C=O) groups excluding carboxylic acids is 3. The van der Waals surface area contributed by atoms with E-state index in [2.05, 4.69) is 10.6 Å². The first-order valence-corrected chi connectivity index (χ1v) is 19.8. The Labute approximate surface area is 336 Å². The average molecular weight is 803 g/mol. The summed E-state index contributed by atoms with van der Waals surface area (Å²) >= 11 is 6.21. The second-order valence-electron chi connectivity index (χ2n) is 15.3. The Kier molecular flexibility index (Phi) is 12.0. The molecule has 1 aliphatic heterocycles. The lowest BCUT2D eigenvalue weighted by molar-refractivity contribution is -0.832. The van der Waals surface area contributed by atoms with Crippen molar-refractivity contribution in [2.45, 2.75) is 75.4 Å². The summed E-state index contributed by atoms with van der Waals surface area (Å²) in [6.45, 7) is -1.06. The van der Waals surface area contributed by atoms with Crippen molar-refractivity contribution in [3.05, 3.63) is 107 Å². The van der Waals surface area contributed by atoms with Crippen LogP contribution in [0.3, 0.4) is 0 Å². The van der Waals surface area contributed by atoms with E-state index in [9.17, 15) is 23.2 Å². The normalized spacial score (nSPS) is 19.4. The van der Waals surface area contributed by atoms with Crippen LogP contribution in [0.15, 0.2) is 78.9 Å². The third kappa shape index (κ3) is 8.72. The van der Waals surface area contributed by atoms with Gasteiger partial charge in [-0.2, -0.15) is 0 Å². The Balaban J connectivity index is 1.34. The van der Waals surface area contributed by atoms with Gasteiger partial charge in [0.05, 0.1) is 44.0 Å². The van der Waals surface area contributed by atoms with Crippen LogP contribution < -0.4 is 29.6 Å². The van der Waals surface area contributed by atoms with Gasteiger partial charge in [-0.1, -0.05) is 35.9 Å². The number of ether oxygens (including phenoxy) is 4. The fourth-order valence-corrected chi connectivity index (χ4v) is 8.79. The number of anilines is 2. The zero-order valence-corrected chi connectivity index (χ0v) is 32.8. The molecule has 7 rings (SSSR count).